The van der Waals surface area contributed by atoms with Gasteiger partial charge in [0.05, 0.1) is 25.5 Å². The molecule has 0 spiro atoms. The van der Waals surface area contributed by atoms with Gasteiger partial charge in [0.1, 0.15) is 0 Å². The summed E-state index contributed by atoms with van der Waals surface area (Å²) >= 11 is 1.65. The molecular formula is C18H34N6OS. The fraction of sp³-hybridized carbons (Fsp3) is 0.778. The van der Waals surface area contributed by atoms with Crippen molar-refractivity contribution in [3.05, 3.63) is 11.1 Å². The monoisotopic (exact) mass is 382 g/mol. The van der Waals surface area contributed by atoms with Crippen LogP contribution in [0.1, 0.15) is 26.5 Å². The summed E-state index contributed by atoms with van der Waals surface area (Å²) in [5.41, 5.74) is 1.00. The van der Waals surface area contributed by atoms with Crippen molar-refractivity contribution < 1.29 is 4.74 Å². The van der Waals surface area contributed by atoms with Gasteiger partial charge in [-0.3, -0.25) is 4.90 Å². The van der Waals surface area contributed by atoms with Crippen LogP contribution in [0.2, 0.25) is 0 Å². The van der Waals surface area contributed by atoms with Crippen molar-refractivity contribution in [2.24, 2.45) is 10.9 Å². The molecule has 1 aromatic rings. The van der Waals surface area contributed by atoms with Gasteiger partial charge in [-0.25, -0.2) is 9.98 Å². The highest BCUT2D eigenvalue weighted by molar-refractivity contribution is 7.13. The predicted molar refractivity (Wildman–Crippen MR) is 110 cm³/mol. The van der Waals surface area contributed by atoms with E-state index in [-0.39, 0.29) is 0 Å². The summed E-state index contributed by atoms with van der Waals surface area (Å²) in [6.45, 7) is 12.6. The van der Waals surface area contributed by atoms with E-state index >= 15 is 0 Å². The van der Waals surface area contributed by atoms with Crippen LogP contribution in [0.15, 0.2) is 10.4 Å². The van der Waals surface area contributed by atoms with Crippen LogP contribution in [-0.4, -0.2) is 75.4 Å². The molecule has 0 aromatic carbocycles. The van der Waals surface area contributed by atoms with Gasteiger partial charge in [0.2, 0.25) is 0 Å². The molecule has 26 heavy (non-hydrogen) atoms. The van der Waals surface area contributed by atoms with E-state index in [9.17, 15) is 0 Å². The molecule has 0 bridgehead atoms. The number of thiazole rings is 1. The van der Waals surface area contributed by atoms with Gasteiger partial charge in [-0.05, 0) is 12.8 Å². The Labute approximate surface area is 161 Å². The fourth-order valence-electron chi connectivity index (χ4n) is 2.97. The Bertz CT molecular complexity index is 554. The quantitative estimate of drug-likeness (QED) is 0.526. The zero-order valence-electron chi connectivity index (χ0n) is 16.8. The Morgan fingerprint density at radius 3 is 2.65 bits per heavy atom. The van der Waals surface area contributed by atoms with E-state index in [0.29, 0.717) is 18.5 Å². The van der Waals surface area contributed by atoms with Crippen molar-refractivity contribution in [3.8, 4) is 0 Å². The Hall–Kier alpha value is -1.38. The van der Waals surface area contributed by atoms with Crippen LogP contribution in [0, 0.1) is 5.92 Å². The number of anilines is 1. The molecule has 8 heteroatoms. The van der Waals surface area contributed by atoms with Crippen LogP contribution in [0.5, 0.6) is 0 Å². The standard InChI is InChI=1S/C18H34N6OS/c1-6-19-17(20-11-15-13-26-18(22-15)23(4)5)21-12-16(14(2)3)24-7-9-25-10-8-24/h13-14,16H,6-12H2,1-5H3,(H2,19,20,21). The van der Waals surface area contributed by atoms with Crippen LogP contribution in [0.3, 0.4) is 0 Å². The molecule has 2 heterocycles. The van der Waals surface area contributed by atoms with Gasteiger partial charge in [-0.15, -0.1) is 11.3 Å². The maximum Gasteiger partial charge on any atom is 0.191 e. The first-order chi connectivity index (χ1) is 12.5. The highest BCUT2D eigenvalue weighted by Gasteiger charge is 2.23. The minimum absolute atomic E-state index is 0.474. The number of aromatic nitrogens is 1. The fourth-order valence-corrected chi connectivity index (χ4v) is 3.72. The van der Waals surface area contributed by atoms with E-state index in [1.54, 1.807) is 11.3 Å². The van der Waals surface area contributed by atoms with Crippen molar-refractivity contribution in [2.75, 3.05) is 58.4 Å². The van der Waals surface area contributed by atoms with Gasteiger partial charge in [0.15, 0.2) is 11.1 Å². The summed E-state index contributed by atoms with van der Waals surface area (Å²) < 4.78 is 5.49. The molecule has 1 aromatic heterocycles. The SMILES string of the molecule is CCNC(=NCc1csc(N(C)C)n1)NCC(C(C)C)N1CCOCC1. The van der Waals surface area contributed by atoms with E-state index < -0.39 is 0 Å². The number of morpholine rings is 1. The molecule has 7 nitrogen and oxygen atoms in total. The van der Waals surface area contributed by atoms with Gasteiger partial charge in [0.25, 0.3) is 0 Å². The summed E-state index contributed by atoms with van der Waals surface area (Å²) in [6, 6.07) is 0.474. The zero-order chi connectivity index (χ0) is 18.9. The second kappa shape index (κ2) is 10.7. The van der Waals surface area contributed by atoms with Crippen LogP contribution in [0.25, 0.3) is 0 Å². The average Bonchev–Trinajstić information content (AvgIpc) is 3.10. The van der Waals surface area contributed by atoms with Gasteiger partial charge < -0.3 is 20.3 Å². The summed E-state index contributed by atoms with van der Waals surface area (Å²) in [4.78, 5) is 13.9. The van der Waals surface area contributed by atoms with Crippen LogP contribution in [-0.2, 0) is 11.3 Å². The molecule has 0 aliphatic carbocycles. The van der Waals surface area contributed by atoms with Gasteiger partial charge in [0, 0.05) is 51.7 Å². The Balaban J connectivity index is 1.94. The molecule has 1 aliphatic rings. The van der Waals surface area contributed by atoms with E-state index in [1.165, 1.54) is 0 Å². The van der Waals surface area contributed by atoms with E-state index in [4.69, 9.17) is 9.73 Å². The molecule has 2 rings (SSSR count). The predicted octanol–water partition coefficient (Wildman–Crippen LogP) is 1.62. The van der Waals surface area contributed by atoms with E-state index in [1.807, 2.05) is 19.0 Å². The number of guanidine groups is 1. The molecule has 0 amide bonds. The maximum absolute atomic E-state index is 5.49. The highest BCUT2D eigenvalue weighted by Crippen LogP contribution is 2.18. The molecule has 1 aliphatic heterocycles. The molecule has 1 atom stereocenters. The molecule has 1 unspecified atom stereocenters. The van der Waals surface area contributed by atoms with E-state index in [0.717, 1.165) is 56.2 Å². The lowest BCUT2D eigenvalue weighted by Crippen LogP contribution is -2.52. The van der Waals surface area contributed by atoms with Crippen molar-refractivity contribution >= 4 is 22.4 Å². The number of ether oxygens (including phenoxy) is 1. The number of nitrogens with zero attached hydrogens (tertiary/aromatic N) is 4. The smallest absolute Gasteiger partial charge is 0.191 e. The van der Waals surface area contributed by atoms with Crippen LogP contribution < -0.4 is 15.5 Å². The van der Waals surface area contributed by atoms with Crippen molar-refractivity contribution in [3.63, 3.8) is 0 Å². The van der Waals surface area contributed by atoms with Crippen LogP contribution >= 0.6 is 11.3 Å². The van der Waals surface area contributed by atoms with Crippen molar-refractivity contribution in [1.82, 2.24) is 20.5 Å². The Kier molecular flexibility index (Phi) is 8.61. The first-order valence-corrected chi connectivity index (χ1v) is 10.3. The third kappa shape index (κ3) is 6.41. The summed E-state index contributed by atoms with van der Waals surface area (Å²) in [5, 5.41) is 9.95. The van der Waals surface area contributed by atoms with Crippen LogP contribution in [0.4, 0.5) is 5.13 Å². The molecule has 1 fully saturated rings. The van der Waals surface area contributed by atoms with Gasteiger partial charge in [-0.2, -0.15) is 0 Å². The lowest BCUT2D eigenvalue weighted by molar-refractivity contribution is 0.00752. The third-order valence-electron chi connectivity index (χ3n) is 4.43. The Morgan fingerprint density at radius 1 is 1.35 bits per heavy atom. The Morgan fingerprint density at radius 2 is 2.08 bits per heavy atom. The summed E-state index contributed by atoms with van der Waals surface area (Å²) in [5.74, 6) is 1.43. The lowest BCUT2D eigenvalue weighted by atomic mass is 10.0. The second-order valence-corrected chi connectivity index (χ2v) is 7.89. The van der Waals surface area contributed by atoms with E-state index in [2.05, 4.69) is 46.7 Å². The number of aliphatic imine (C=N–C) groups is 1. The largest absolute Gasteiger partial charge is 0.379 e. The van der Waals surface area contributed by atoms with Crippen molar-refractivity contribution in [1.29, 1.82) is 0 Å². The van der Waals surface area contributed by atoms with Crippen molar-refractivity contribution in [2.45, 2.75) is 33.4 Å². The second-order valence-electron chi connectivity index (χ2n) is 7.05. The number of hydrogen-bond acceptors (Lipinski definition) is 6. The lowest BCUT2D eigenvalue weighted by Gasteiger charge is -2.37. The summed E-state index contributed by atoms with van der Waals surface area (Å²) in [6.07, 6.45) is 0. The van der Waals surface area contributed by atoms with Gasteiger partial charge in [-0.1, -0.05) is 13.8 Å². The number of hydrogen-bond donors (Lipinski definition) is 2. The minimum atomic E-state index is 0.474. The zero-order valence-corrected chi connectivity index (χ0v) is 17.6. The molecule has 0 radical (unpaired) electrons. The minimum Gasteiger partial charge on any atom is -0.379 e. The van der Waals surface area contributed by atoms with Gasteiger partial charge >= 0.3 is 0 Å². The summed E-state index contributed by atoms with van der Waals surface area (Å²) in [7, 11) is 4.02. The maximum atomic E-state index is 5.49. The highest BCUT2D eigenvalue weighted by atomic mass is 32.1. The first kappa shape index (κ1) is 20.9. The number of rotatable bonds is 8. The normalized spacial score (nSPS) is 17.4. The topological polar surface area (TPSA) is 65.0 Å². The molecule has 148 valence electrons. The average molecular weight is 383 g/mol. The third-order valence-corrected chi connectivity index (χ3v) is 5.49. The first-order valence-electron chi connectivity index (χ1n) is 9.47. The molecule has 1 saturated heterocycles. The number of nitrogens with one attached hydrogen (secondary N) is 2. The molecule has 0 saturated carbocycles. The molecule has 2 N–H and O–H groups in total. The molecular weight excluding hydrogens is 348 g/mol.